The molecule has 0 saturated carbocycles. The van der Waals surface area contributed by atoms with Gasteiger partial charge in [0.2, 0.25) is 0 Å². The quantitative estimate of drug-likeness (QED) is 0.825. The third-order valence-electron chi connectivity index (χ3n) is 2.10. The van der Waals surface area contributed by atoms with Gasteiger partial charge < -0.3 is 15.0 Å². The lowest BCUT2D eigenvalue weighted by Crippen LogP contribution is -2.31. The number of carbonyl (C=O) groups is 2. The summed E-state index contributed by atoms with van der Waals surface area (Å²) in [7, 11) is 2.99. The highest BCUT2D eigenvalue weighted by atomic mass is 32.1. The SMILES string of the molecule is CCN(C)C(=O)Nc1ccsc1C(=O)OC. The van der Waals surface area contributed by atoms with Crippen molar-refractivity contribution in [2.24, 2.45) is 0 Å². The predicted octanol–water partition coefficient (Wildman–Crippen LogP) is 2.02. The second kappa shape index (κ2) is 5.50. The van der Waals surface area contributed by atoms with Gasteiger partial charge in [0.05, 0.1) is 12.8 Å². The Hall–Kier alpha value is -1.56. The summed E-state index contributed by atoms with van der Waals surface area (Å²) in [5, 5.41) is 4.38. The normalized spacial score (nSPS) is 9.69. The van der Waals surface area contributed by atoms with E-state index in [0.717, 1.165) is 0 Å². The van der Waals surface area contributed by atoms with E-state index in [4.69, 9.17) is 0 Å². The van der Waals surface area contributed by atoms with E-state index in [1.165, 1.54) is 23.3 Å². The van der Waals surface area contributed by atoms with Crippen LogP contribution in [0, 0.1) is 0 Å². The van der Waals surface area contributed by atoms with Crippen LogP contribution in [-0.4, -0.2) is 37.6 Å². The Kier molecular flexibility index (Phi) is 4.30. The van der Waals surface area contributed by atoms with Crippen LogP contribution in [0.25, 0.3) is 0 Å². The Bertz CT molecular complexity index is 389. The fourth-order valence-corrected chi connectivity index (χ4v) is 1.78. The summed E-state index contributed by atoms with van der Waals surface area (Å²) in [5.41, 5.74) is 0.488. The number of urea groups is 1. The molecule has 0 bridgehead atoms. The van der Waals surface area contributed by atoms with E-state index in [2.05, 4.69) is 10.1 Å². The van der Waals surface area contributed by atoms with Gasteiger partial charge in [0.25, 0.3) is 0 Å². The molecule has 0 unspecified atom stereocenters. The number of hydrogen-bond acceptors (Lipinski definition) is 4. The van der Waals surface area contributed by atoms with Gasteiger partial charge in [-0.3, -0.25) is 0 Å². The molecule has 2 amide bonds. The van der Waals surface area contributed by atoms with E-state index in [1.807, 2.05) is 6.92 Å². The topological polar surface area (TPSA) is 58.6 Å². The molecule has 0 spiro atoms. The summed E-state index contributed by atoms with van der Waals surface area (Å²) in [4.78, 5) is 24.8. The third kappa shape index (κ3) is 2.73. The molecule has 0 aliphatic heterocycles. The van der Waals surface area contributed by atoms with E-state index in [-0.39, 0.29) is 6.03 Å². The fourth-order valence-electron chi connectivity index (χ4n) is 1.01. The highest BCUT2D eigenvalue weighted by Gasteiger charge is 2.16. The molecule has 88 valence electrons. The van der Waals surface area contributed by atoms with Gasteiger partial charge in [-0.05, 0) is 18.4 Å². The summed E-state index contributed by atoms with van der Waals surface area (Å²) >= 11 is 1.24. The molecular formula is C10H14N2O3S. The first-order valence-electron chi connectivity index (χ1n) is 4.78. The van der Waals surface area contributed by atoms with Crippen molar-refractivity contribution in [3.05, 3.63) is 16.3 Å². The lowest BCUT2D eigenvalue weighted by Gasteiger charge is -2.15. The highest BCUT2D eigenvalue weighted by Crippen LogP contribution is 2.23. The molecule has 1 aromatic rings. The van der Waals surface area contributed by atoms with Crippen LogP contribution >= 0.6 is 11.3 Å². The van der Waals surface area contributed by atoms with Gasteiger partial charge in [-0.1, -0.05) is 0 Å². The summed E-state index contributed by atoms with van der Waals surface area (Å²) in [5.74, 6) is -0.440. The number of ether oxygens (including phenoxy) is 1. The van der Waals surface area contributed by atoms with Crippen molar-refractivity contribution in [3.63, 3.8) is 0 Å². The minimum atomic E-state index is -0.440. The number of anilines is 1. The predicted molar refractivity (Wildman–Crippen MR) is 63.0 cm³/mol. The van der Waals surface area contributed by atoms with Gasteiger partial charge in [-0.25, -0.2) is 9.59 Å². The van der Waals surface area contributed by atoms with E-state index in [9.17, 15) is 9.59 Å². The van der Waals surface area contributed by atoms with Crippen molar-refractivity contribution >= 4 is 29.0 Å². The van der Waals surface area contributed by atoms with Crippen molar-refractivity contribution in [1.82, 2.24) is 4.90 Å². The van der Waals surface area contributed by atoms with Crippen molar-refractivity contribution in [2.45, 2.75) is 6.92 Å². The number of esters is 1. The van der Waals surface area contributed by atoms with Gasteiger partial charge in [-0.15, -0.1) is 11.3 Å². The molecule has 6 heteroatoms. The molecule has 1 aromatic heterocycles. The largest absolute Gasteiger partial charge is 0.465 e. The van der Waals surface area contributed by atoms with Crippen molar-refractivity contribution < 1.29 is 14.3 Å². The minimum absolute atomic E-state index is 0.244. The highest BCUT2D eigenvalue weighted by molar-refractivity contribution is 7.12. The molecule has 0 radical (unpaired) electrons. The molecule has 16 heavy (non-hydrogen) atoms. The Morgan fingerprint density at radius 2 is 2.25 bits per heavy atom. The van der Waals surface area contributed by atoms with Gasteiger partial charge >= 0.3 is 12.0 Å². The molecule has 5 nitrogen and oxygen atoms in total. The summed E-state index contributed by atoms with van der Waals surface area (Å²) in [6, 6.07) is 1.43. The first-order valence-corrected chi connectivity index (χ1v) is 5.66. The zero-order valence-electron chi connectivity index (χ0n) is 9.44. The summed E-state index contributed by atoms with van der Waals surface area (Å²) in [6.45, 7) is 2.47. The molecule has 0 aliphatic carbocycles. The number of carbonyl (C=O) groups excluding carboxylic acids is 2. The van der Waals surface area contributed by atoms with Crippen LogP contribution in [0.1, 0.15) is 16.6 Å². The molecule has 0 fully saturated rings. The summed E-state index contributed by atoms with van der Waals surface area (Å²) < 4.78 is 4.61. The molecule has 1 rings (SSSR count). The van der Waals surface area contributed by atoms with Gasteiger partial charge in [0.1, 0.15) is 4.88 Å². The molecule has 0 saturated heterocycles. The molecule has 1 N–H and O–H groups in total. The Labute approximate surface area is 98.0 Å². The molecule has 0 atom stereocenters. The van der Waals surface area contributed by atoms with Crippen LogP contribution in [0.3, 0.4) is 0 Å². The molecular weight excluding hydrogens is 228 g/mol. The fraction of sp³-hybridized carbons (Fsp3) is 0.400. The van der Waals surface area contributed by atoms with Gasteiger partial charge in [0.15, 0.2) is 0 Å². The zero-order chi connectivity index (χ0) is 12.1. The minimum Gasteiger partial charge on any atom is -0.465 e. The van der Waals surface area contributed by atoms with Crippen LogP contribution in [0.2, 0.25) is 0 Å². The van der Waals surface area contributed by atoms with Gasteiger partial charge in [0, 0.05) is 13.6 Å². The van der Waals surface area contributed by atoms with Gasteiger partial charge in [-0.2, -0.15) is 0 Å². The monoisotopic (exact) mass is 242 g/mol. The number of nitrogens with one attached hydrogen (secondary N) is 1. The van der Waals surface area contributed by atoms with Crippen LogP contribution in [0.4, 0.5) is 10.5 Å². The lowest BCUT2D eigenvalue weighted by atomic mass is 10.4. The van der Waals surface area contributed by atoms with Crippen LogP contribution in [-0.2, 0) is 4.74 Å². The second-order valence-corrected chi connectivity index (χ2v) is 4.02. The number of hydrogen-bond donors (Lipinski definition) is 1. The lowest BCUT2D eigenvalue weighted by molar-refractivity contribution is 0.0607. The maximum atomic E-state index is 11.6. The van der Waals surface area contributed by atoms with Crippen molar-refractivity contribution in [3.8, 4) is 0 Å². The Morgan fingerprint density at radius 1 is 1.56 bits per heavy atom. The van der Waals surface area contributed by atoms with Crippen molar-refractivity contribution in [1.29, 1.82) is 0 Å². The number of rotatable bonds is 3. The average molecular weight is 242 g/mol. The maximum absolute atomic E-state index is 11.6. The van der Waals surface area contributed by atoms with Crippen LogP contribution in [0.5, 0.6) is 0 Å². The maximum Gasteiger partial charge on any atom is 0.350 e. The number of amides is 2. The van der Waals surface area contributed by atoms with Crippen LogP contribution in [0.15, 0.2) is 11.4 Å². The standard InChI is InChI=1S/C10H14N2O3S/c1-4-12(2)10(14)11-7-5-6-16-8(7)9(13)15-3/h5-6H,4H2,1-3H3,(H,11,14). The Morgan fingerprint density at radius 3 is 2.81 bits per heavy atom. The molecule has 0 aromatic carbocycles. The van der Waals surface area contributed by atoms with E-state index >= 15 is 0 Å². The first kappa shape index (κ1) is 12.5. The Balaban J connectivity index is 2.78. The number of methoxy groups -OCH3 is 1. The van der Waals surface area contributed by atoms with E-state index in [1.54, 1.807) is 18.5 Å². The molecule has 0 aliphatic rings. The van der Waals surface area contributed by atoms with Crippen LogP contribution < -0.4 is 5.32 Å². The average Bonchev–Trinajstić information content (AvgIpc) is 2.74. The number of nitrogens with zero attached hydrogens (tertiary/aromatic N) is 1. The van der Waals surface area contributed by atoms with E-state index in [0.29, 0.717) is 17.1 Å². The zero-order valence-corrected chi connectivity index (χ0v) is 10.3. The van der Waals surface area contributed by atoms with E-state index < -0.39 is 5.97 Å². The van der Waals surface area contributed by atoms with Crippen molar-refractivity contribution in [2.75, 3.05) is 26.0 Å². The first-order chi connectivity index (χ1) is 7.60. The third-order valence-corrected chi connectivity index (χ3v) is 2.99. The number of thiophene rings is 1. The molecule has 1 heterocycles. The smallest absolute Gasteiger partial charge is 0.350 e. The summed E-state index contributed by atoms with van der Waals surface area (Å²) in [6.07, 6.45) is 0. The second-order valence-electron chi connectivity index (χ2n) is 3.10.